The number of aliphatic carboxylic acids is 1. The van der Waals surface area contributed by atoms with E-state index < -0.39 is 28.0 Å². The van der Waals surface area contributed by atoms with Crippen LogP contribution in [0.1, 0.15) is 64.9 Å². The van der Waals surface area contributed by atoms with Gasteiger partial charge in [0.2, 0.25) is 0 Å². The summed E-state index contributed by atoms with van der Waals surface area (Å²) in [5.74, 6) is -2.16. The number of rotatable bonds is 8. The van der Waals surface area contributed by atoms with Crippen molar-refractivity contribution in [3.63, 3.8) is 0 Å². The zero-order valence-corrected chi connectivity index (χ0v) is 21.7. The van der Waals surface area contributed by atoms with Crippen molar-refractivity contribution < 1.29 is 32.0 Å². The Balaban J connectivity index is 1.87. The molecule has 0 saturated carbocycles. The fourth-order valence-electron chi connectivity index (χ4n) is 5.24. The van der Waals surface area contributed by atoms with Gasteiger partial charge in [0.05, 0.1) is 5.92 Å². The van der Waals surface area contributed by atoms with Crippen molar-refractivity contribution in [2.24, 2.45) is 11.8 Å². The Morgan fingerprint density at radius 2 is 1.92 bits per heavy atom. The van der Waals surface area contributed by atoms with E-state index in [-0.39, 0.29) is 28.7 Å². The van der Waals surface area contributed by atoms with Crippen LogP contribution in [-0.4, -0.2) is 25.5 Å². The molecule has 0 bridgehead atoms. The third kappa shape index (κ3) is 4.46. The van der Waals surface area contributed by atoms with Gasteiger partial charge < -0.3 is 14.0 Å². The van der Waals surface area contributed by atoms with Gasteiger partial charge in [0.1, 0.15) is 17.1 Å². The van der Waals surface area contributed by atoms with Crippen LogP contribution in [0, 0.1) is 25.7 Å². The van der Waals surface area contributed by atoms with Crippen LogP contribution in [0.4, 0.5) is 0 Å². The van der Waals surface area contributed by atoms with E-state index in [1.165, 1.54) is 12.1 Å². The van der Waals surface area contributed by atoms with E-state index in [2.05, 4.69) is 6.58 Å². The zero-order chi connectivity index (χ0) is 26.4. The van der Waals surface area contributed by atoms with Crippen LogP contribution < -0.4 is 4.18 Å². The molecule has 8 heteroatoms. The quantitative estimate of drug-likeness (QED) is 0.289. The molecule has 1 N–H and O–H groups in total. The highest BCUT2D eigenvalue weighted by atomic mass is 32.2. The van der Waals surface area contributed by atoms with E-state index in [1.54, 1.807) is 25.1 Å². The Kier molecular flexibility index (Phi) is 6.84. The summed E-state index contributed by atoms with van der Waals surface area (Å²) in [5.41, 5.74) is 5.61. The van der Waals surface area contributed by atoms with Gasteiger partial charge in [-0.05, 0) is 69.2 Å². The first-order chi connectivity index (χ1) is 17.0. The summed E-state index contributed by atoms with van der Waals surface area (Å²) in [7, 11) is -4.25. The maximum Gasteiger partial charge on any atom is 0.342 e. The van der Waals surface area contributed by atoms with Crippen molar-refractivity contribution in [2.45, 2.75) is 58.5 Å². The first-order valence-electron chi connectivity index (χ1n) is 11.9. The average Bonchev–Trinajstić information content (AvgIpc) is 3.39. The summed E-state index contributed by atoms with van der Waals surface area (Å²) in [6.45, 7) is 11.3. The Labute approximate surface area is 211 Å². The van der Waals surface area contributed by atoms with Crippen molar-refractivity contribution in [3.8, 4) is 5.75 Å². The molecule has 1 heterocycles. The zero-order valence-electron chi connectivity index (χ0n) is 20.9. The molecule has 0 saturated heterocycles. The molecule has 2 aromatic rings. The normalized spacial score (nSPS) is 18.1. The lowest BCUT2D eigenvalue weighted by Crippen LogP contribution is -2.19. The lowest BCUT2D eigenvalue weighted by Gasteiger charge is -2.20. The van der Waals surface area contributed by atoms with Crippen molar-refractivity contribution in [3.05, 3.63) is 75.4 Å². The second kappa shape index (κ2) is 9.58. The Morgan fingerprint density at radius 3 is 2.53 bits per heavy atom. The topological polar surface area (TPSA) is 107 Å². The molecule has 0 spiro atoms. The Hall–Kier alpha value is -3.39. The van der Waals surface area contributed by atoms with E-state index in [0.29, 0.717) is 36.0 Å². The number of allylic oxidation sites excluding steroid dienone is 2. The van der Waals surface area contributed by atoms with Gasteiger partial charge in [-0.25, -0.2) is 4.79 Å². The number of esters is 1. The van der Waals surface area contributed by atoms with E-state index in [4.69, 9.17) is 8.92 Å². The molecular formula is C28H30O7S. The second-order valence-electron chi connectivity index (χ2n) is 9.57. The van der Waals surface area contributed by atoms with Gasteiger partial charge in [0.15, 0.2) is 5.75 Å². The van der Waals surface area contributed by atoms with Gasteiger partial charge in [-0.3, -0.25) is 4.79 Å². The minimum atomic E-state index is -4.25. The molecule has 2 aliphatic rings. The molecule has 2 unspecified atom stereocenters. The third-order valence-corrected chi connectivity index (χ3v) is 8.73. The van der Waals surface area contributed by atoms with E-state index in [9.17, 15) is 23.1 Å². The molecule has 0 amide bonds. The predicted molar refractivity (Wildman–Crippen MR) is 135 cm³/mol. The molecular weight excluding hydrogens is 480 g/mol. The van der Waals surface area contributed by atoms with Crippen LogP contribution in [0.25, 0.3) is 6.08 Å². The molecule has 36 heavy (non-hydrogen) atoms. The molecule has 7 nitrogen and oxygen atoms in total. The van der Waals surface area contributed by atoms with Crippen molar-refractivity contribution in [1.82, 2.24) is 0 Å². The molecule has 2 aromatic carbocycles. The number of benzene rings is 2. The van der Waals surface area contributed by atoms with Crippen LogP contribution in [0.5, 0.6) is 5.75 Å². The first-order valence-corrected chi connectivity index (χ1v) is 13.3. The number of hydrogen-bond acceptors (Lipinski definition) is 6. The number of cyclic esters (lactones) is 1. The fraction of sp³-hybridized carbons (Fsp3) is 0.357. The Bertz CT molecular complexity index is 1400. The summed E-state index contributed by atoms with van der Waals surface area (Å²) >= 11 is 0. The molecule has 4 rings (SSSR count). The smallest absolute Gasteiger partial charge is 0.342 e. The SMILES string of the molecule is C=Cc1c(C)c2c(c(OS(=O)(=O)c3ccc(C)cc3)c1CC1=C(C)C(C(C)C(=O)O)CC1)C(=O)OC2. The van der Waals surface area contributed by atoms with Gasteiger partial charge >= 0.3 is 22.1 Å². The van der Waals surface area contributed by atoms with Crippen molar-refractivity contribution in [2.75, 3.05) is 0 Å². The number of fused-ring (bicyclic) bond motifs is 1. The van der Waals surface area contributed by atoms with Crippen LogP contribution in [0.2, 0.25) is 0 Å². The maximum absolute atomic E-state index is 13.3. The number of carboxylic acid groups (broad SMARTS) is 1. The lowest BCUT2D eigenvalue weighted by molar-refractivity contribution is -0.142. The maximum atomic E-state index is 13.3. The minimum absolute atomic E-state index is 0.0218. The van der Waals surface area contributed by atoms with Crippen molar-refractivity contribution in [1.29, 1.82) is 0 Å². The fourth-order valence-corrected chi connectivity index (χ4v) is 6.21. The molecule has 190 valence electrons. The first kappa shape index (κ1) is 25.7. The summed E-state index contributed by atoms with van der Waals surface area (Å²) in [5, 5.41) is 9.51. The Morgan fingerprint density at radius 1 is 1.25 bits per heavy atom. The monoisotopic (exact) mass is 510 g/mol. The molecule has 0 fully saturated rings. The van der Waals surface area contributed by atoms with Gasteiger partial charge in [-0.2, -0.15) is 8.42 Å². The van der Waals surface area contributed by atoms with E-state index in [0.717, 1.165) is 22.3 Å². The molecule has 1 aliphatic heterocycles. The highest BCUT2D eigenvalue weighted by Gasteiger charge is 2.36. The molecule has 2 atom stereocenters. The second-order valence-corrected chi connectivity index (χ2v) is 11.1. The van der Waals surface area contributed by atoms with Gasteiger partial charge in [0.25, 0.3) is 0 Å². The highest BCUT2D eigenvalue weighted by Crippen LogP contribution is 2.44. The minimum Gasteiger partial charge on any atom is -0.481 e. The summed E-state index contributed by atoms with van der Waals surface area (Å²) in [6.07, 6.45) is 3.33. The van der Waals surface area contributed by atoms with Crippen LogP contribution in [0.15, 0.2) is 46.9 Å². The number of carbonyl (C=O) groups is 2. The van der Waals surface area contributed by atoms with E-state index >= 15 is 0 Å². The van der Waals surface area contributed by atoms with Crippen molar-refractivity contribution >= 4 is 28.1 Å². The van der Waals surface area contributed by atoms with Gasteiger partial charge in [0, 0.05) is 11.1 Å². The number of hydrogen-bond donors (Lipinski definition) is 1. The van der Waals surface area contributed by atoms with Gasteiger partial charge in [-0.15, -0.1) is 0 Å². The highest BCUT2D eigenvalue weighted by molar-refractivity contribution is 7.87. The van der Waals surface area contributed by atoms with Gasteiger partial charge in [-0.1, -0.05) is 48.4 Å². The summed E-state index contributed by atoms with van der Waals surface area (Å²) in [4.78, 5) is 24.4. The molecule has 0 aromatic heterocycles. The number of aryl methyl sites for hydroxylation is 1. The number of carboxylic acids is 1. The van der Waals surface area contributed by atoms with Crippen LogP contribution >= 0.6 is 0 Å². The van der Waals surface area contributed by atoms with Crippen LogP contribution in [-0.2, 0) is 32.7 Å². The number of ether oxygens (including phenoxy) is 1. The molecule has 1 aliphatic carbocycles. The lowest BCUT2D eigenvalue weighted by atomic mass is 9.86. The summed E-state index contributed by atoms with van der Waals surface area (Å²) in [6, 6.07) is 6.28. The van der Waals surface area contributed by atoms with E-state index in [1.807, 2.05) is 20.8 Å². The predicted octanol–water partition coefficient (Wildman–Crippen LogP) is 5.37. The molecule has 0 radical (unpaired) electrons. The van der Waals surface area contributed by atoms with Crippen LogP contribution in [0.3, 0.4) is 0 Å². The standard InChI is InChI=1S/C28H30O7S/c1-6-21-17(4)24-14-34-28(31)25(24)26(35-36(32,33)20-10-7-15(2)8-11-20)23(21)13-19-9-12-22(16(19)3)18(5)27(29)30/h6-8,10-11,18,22H,1,9,12-14H2,2-5H3,(H,29,30). The average molecular weight is 511 g/mol. The summed E-state index contributed by atoms with van der Waals surface area (Å²) < 4.78 is 37.6. The number of carbonyl (C=O) groups excluding carboxylic acids is 1. The largest absolute Gasteiger partial charge is 0.481 e. The third-order valence-electron chi connectivity index (χ3n) is 7.50.